The monoisotopic (exact) mass is 380 g/mol. The number of carbonyl (C=O) groups excluding carboxylic acids is 1. The SMILES string of the molecule is Cc1cc(C(=O)NCc2ccc(N3CCOCC3)nc2)c2ccc(F)cc2n1. The van der Waals surface area contributed by atoms with E-state index in [1.54, 1.807) is 25.3 Å². The molecule has 1 aromatic carbocycles. The summed E-state index contributed by atoms with van der Waals surface area (Å²) in [5, 5.41) is 3.54. The Bertz CT molecular complexity index is 996. The van der Waals surface area contributed by atoms with Crippen LogP contribution < -0.4 is 10.2 Å². The fourth-order valence-corrected chi connectivity index (χ4v) is 3.30. The molecule has 4 rings (SSSR count). The maximum Gasteiger partial charge on any atom is 0.252 e. The Labute approximate surface area is 162 Å². The van der Waals surface area contributed by atoms with Gasteiger partial charge in [-0.15, -0.1) is 0 Å². The van der Waals surface area contributed by atoms with Gasteiger partial charge >= 0.3 is 0 Å². The van der Waals surface area contributed by atoms with Gasteiger partial charge in [0.05, 0.1) is 24.3 Å². The maximum absolute atomic E-state index is 13.5. The highest BCUT2D eigenvalue weighted by atomic mass is 19.1. The molecule has 1 amide bonds. The number of amides is 1. The minimum Gasteiger partial charge on any atom is -0.378 e. The second-order valence-electron chi connectivity index (χ2n) is 6.78. The van der Waals surface area contributed by atoms with Crippen molar-refractivity contribution >= 4 is 22.6 Å². The summed E-state index contributed by atoms with van der Waals surface area (Å²) in [6.07, 6.45) is 1.77. The quantitative estimate of drug-likeness (QED) is 0.754. The van der Waals surface area contributed by atoms with E-state index in [-0.39, 0.29) is 11.7 Å². The maximum atomic E-state index is 13.5. The number of fused-ring (bicyclic) bond motifs is 1. The van der Waals surface area contributed by atoms with Gasteiger partial charge in [-0.25, -0.2) is 9.37 Å². The van der Waals surface area contributed by atoms with Crippen molar-refractivity contribution in [3.63, 3.8) is 0 Å². The number of morpholine rings is 1. The molecule has 28 heavy (non-hydrogen) atoms. The van der Waals surface area contributed by atoms with Crippen LogP contribution in [0.3, 0.4) is 0 Å². The minimum atomic E-state index is -0.372. The van der Waals surface area contributed by atoms with Gasteiger partial charge in [0.15, 0.2) is 0 Å². The third-order valence-corrected chi connectivity index (χ3v) is 4.74. The second kappa shape index (κ2) is 7.90. The van der Waals surface area contributed by atoms with Crippen molar-refractivity contribution in [3.8, 4) is 0 Å². The van der Waals surface area contributed by atoms with Crippen molar-refractivity contribution < 1.29 is 13.9 Å². The summed E-state index contributed by atoms with van der Waals surface area (Å²) in [7, 11) is 0. The molecule has 1 N–H and O–H groups in total. The summed E-state index contributed by atoms with van der Waals surface area (Å²) in [6, 6.07) is 9.91. The van der Waals surface area contributed by atoms with Crippen molar-refractivity contribution in [1.29, 1.82) is 0 Å². The number of aromatic nitrogens is 2. The Balaban J connectivity index is 1.46. The van der Waals surface area contributed by atoms with Crippen LogP contribution in [0.2, 0.25) is 0 Å². The molecule has 144 valence electrons. The number of aryl methyl sites for hydroxylation is 1. The molecule has 3 aromatic rings. The Morgan fingerprint density at radius 1 is 1.21 bits per heavy atom. The van der Waals surface area contributed by atoms with Gasteiger partial charge in [0, 0.05) is 43.0 Å². The number of nitrogens with one attached hydrogen (secondary N) is 1. The molecule has 1 aliphatic heterocycles. The van der Waals surface area contributed by atoms with Gasteiger partial charge in [-0.3, -0.25) is 9.78 Å². The van der Waals surface area contributed by atoms with E-state index in [9.17, 15) is 9.18 Å². The Morgan fingerprint density at radius 3 is 2.79 bits per heavy atom. The van der Waals surface area contributed by atoms with Crippen LogP contribution >= 0.6 is 0 Å². The van der Waals surface area contributed by atoms with Gasteiger partial charge in [0.25, 0.3) is 5.91 Å². The highest BCUT2D eigenvalue weighted by Gasteiger charge is 2.14. The molecule has 1 aliphatic rings. The van der Waals surface area contributed by atoms with Crippen LogP contribution in [-0.2, 0) is 11.3 Å². The zero-order chi connectivity index (χ0) is 19.5. The number of benzene rings is 1. The first kappa shape index (κ1) is 18.3. The average molecular weight is 380 g/mol. The standard InChI is InChI=1S/C21H21FN4O2/c1-14-10-18(17-4-3-16(22)11-19(17)25-14)21(27)24-13-15-2-5-20(23-12-15)26-6-8-28-9-7-26/h2-5,10-12H,6-9,13H2,1H3,(H,24,27). The Kier molecular flexibility index (Phi) is 5.16. The van der Waals surface area contributed by atoms with Gasteiger partial charge < -0.3 is 15.0 Å². The van der Waals surface area contributed by atoms with E-state index in [0.29, 0.717) is 41.9 Å². The van der Waals surface area contributed by atoms with Gasteiger partial charge in [0.2, 0.25) is 0 Å². The minimum absolute atomic E-state index is 0.223. The molecule has 0 aliphatic carbocycles. The molecule has 0 radical (unpaired) electrons. The van der Waals surface area contributed by atoms with Crippen molar-refractivity contribution in [2.45, 2.75) is 13.5 Å². The second-order valence-corrected chi connectivity index (χ2v) is 6.78. The predicted octanol–water partition coefficient (Wildman–Crippen LogP) is 2.84. The molecule has 0 saturated carbocycles. The summed E-state index contributed by atoms with van der Waals surface area (Å²) in [5.41, 5.74) is 2.54. The third-order valence-electron chi connectivity index (χ3n) is 4.74. The zero-order valence-corrected chi connectivity index (χ0v) is 15.6. The zero-order valence-electron chi connectivity index (χ0n) is 15.6. The first-order valence-corrected chi connectivity index (χ1v) is 9.23. The average Bonchev–Trinajstić information content (AvgIpc) is 2.72. The van der Waals surface area contributed by atoms with Gasteiger partial charge in [-0.05, 0) is 36.8 Å². The van der Waals surface area contributed by atoms with Crippen molar-refractivity contribution in [3.05, 3.63) is 65.2 Å². The van der Waals surface area contributed by atoms with Crippen LogP contribution in [0.5, 0.6) is 0 Å². The van der Waals surface area contributed by atoms with Crippen molar-refractivity contribution in [2.75, 3.05) is 31.2 Å². The van der Waals surface area contributed by atoms with E-state index in [4.69, 9.17) is 4.74 Å². The lowest BCUT2D eigenvalue weighted by atomic mass is 10.1. The molecule has 3 heterocycles. The Morgan fingerprint density at radius 2 is 2.04 bits per heavy atom. The number of ether oxygens (including phenoxy) is 1. The number of hydrogen-bond acceptors (Lipinski definition) is 5. The lowest BCUT2D eigenvalue weighted by molar-refractivity contribution is 0.0952. The summed E-state index contributed by atoms with van der Waals surface area (Å²) in [6.45, 7) is 5.23. The summed E-state index contributed by atoms with van der Waals surface area (Å²) < 4.78 is 18.8. The number of halogens is 1. The topological polar surface area (TPSA) is 67.4 Å². The van der Waals surface area contributed by atoms with E-state index in [0.717, 1.165) is 24.5 Å². The molecule has 0 spiro atoms. The van der Waals surface area contributed by atoms with Crippen LogP contribution in [0.25, 0.3) is 10.9 Å². The van der Waals surface area contributed by atoms with Crippen LogP contribution in [-0.4, -0.2) is 42.2 Å². The molecule has 0 atom stereocenters. The van der Waals surface area contributed by atoms with Gasteiger partial charge in [-0.1, -0.05) is 6.07 Å². The Hall–Kier alpha value is -3.06. The summed E-state index contributed by atoms with van der Waals surface area (Å²) in [5.74, 6) is 0.318. The molecule has 1 saturated heterocycles. The lowest BCUT2D eigenvalue weighted by Crippen LogP contribution is -2.36. The number of anilines is 1. The van der Waals surface area contributed by atoms with Crippen molar-refractivity contribution in [1.82, 2.24) is 15.3 Å². The number of carbonyl (C=O) groups is 1. The van der Waals surface area contributed by atoms with Gasteiger partial charge in [0.1, 0.15) is 11.6 Å². The molecule has 1 fully saturated rings. The largest absolute Gasteiger partial charge is 0.378 e. The van der Waals surface area contributed by atoms with Crippen LogP contribution in [0.1, 0.15) is 21.6 Å². The van der Waals surface area contributed by atoms with E-state index >= 15 is 0 Å². The number of rotatable bonds is 4. The molecule has 6 nitrogen and oxygen atoms in total. The molecule has 0 bridgehead atoms. The summed E-state index contributed by atoms with van der Waals surface area (Å²) >= 11 is 0. The smallest absolute Gasteiger partial charge is 0.252 e. The van der Waals surface area contributed by atoms with Crippen LogP contribution in [0, 0.1) is 12.7 Å². The fraction of sp³-hybridized carbons (Fsp3) is 0.286. The third kappa shape index (κ3) is 3.94. The molecular weight excluding hydrogens is 359 g/mol. The lowest BCUT2D eigenvalue weighted by Gasteiger charge is -2.27. The first-order chi connectivity index (χ1) is 13.6. The predicted molar refractivity (Wildman–Crippen MR) is 105 cm³/mol. The number of pyridine rings is 2. The van der Waals surface area contributed by atoms with Crippen LogP contribution in [0.15, 0.2) is 42.6 Å². The van der Waals surface area contributed by atoms with E-state index in [1.807, 2.05) is 12.1 Å². The van der Waals surface area contributed by atoms with Crippen molar-refractivity contribution in [2.24, 2.45) is 0 Å². The number of nitrogens with zero attached hydrogens (tertiary/aromatic N) is 3. The molecule has 7 heteroatoms. The van der Waals surface area contributed by atoms with E-state index in [2.05, 4.69) is 20.2 Å². The summed E-state index contributed by atoms with van der Waals surface area (Å²) in [4.78, 5) is 23.7. The molecule has 0 unspecified atom stereocenters. The van der Waals surface area contributed by atoms with E-state index in [1.165, 1.54) is 12.1 Å². The highest BCUT2D eigenvalue weighted by Crippen LogP contribution is 2.20. The number of hydrogen-bond donors (Lipinski definition) is 1. The fourth-order valence-electron chi connectivity index (χ4n) is 3.30. The van der Waals surface area contributed by atoms with Crippen LogP contribution in [0.4, 0.5) is 10.2 Å². The van der Waals surface area contributed by atoms with E-state index < -0.39 is 0 Å². The molecule has 2 aromatic heterocycles. The normalized spacial score (nSPS) is 14.3. The van der Waals surface area contributed by atoms with Gasteiger partial charge in [-0.2, -0.15) is 0 Å². The first-order valence-electron chi connectivity index (χ1n) is 9.23. The molecular formula is C21H21FN4O2. The highest BCUT2D eigenvalue weighted by molar-refractivity contribution is 6.06.